The molecular formula is C16H24O4S. The second kappa shape index (κ2) is 8.95. The molecule has 118 valence electrons. The van der Waals surface area contributed by atoms with Crippen LogP contribution in [0.25, 0.3) is 0 Å². The van der Waals surface area contributed by atoms with Crippen LogP contribution in [-0.2, 0) is 14.3 Å². The van der Waals surface area contributed by atoms with Crippen LogP contribution < -0.4 is 0 Å². The van der Waals surface area contributed by atoms with Crippen molar-refractivity contribution in [3.05, 3.63) is 35.5 Å². The van der Waals surface area contributed by atoms with Crippen molar-refractivity contribution in [3.63, 3.8) is 0 Å². The number of aliphatic hydroxyl groups is 1. The number of rotatable bonds is 6. The Morgan fingerprint density at radius 1 is 1.62 bits per heavy atom. The fourth-order valence-corrected chi connectivity index (χ4v) is 2.71. The molecule has 0 aromatic rings. The van der Waals surface area contributed by atoms with Crippen molar-refractivity contribution in [2.24, 2.45) is 5.92 Å². The maximum atomic E-state index is 12.1. The van der Waals surface area contributed by atoms with Crippen LogP contribution in [0.2, 0.25) is 0 Å². The maximum absolute atomic E-state index is 12.1. The lowest BCUT2D eigenvalue weighted by atomic mass is 10.1. The average Bonchev–Trinajstić information content (AvgIpc) is 2.64. The first kappa shape index (κ1) is 17.9. The van der Waals surface area contributed by atoms with Gasteiger partial charge in [-0.2, -0.15) is 0 Å². The Labute approximate surface area is 130 Å². The van der Waals surface area contributed by atoms with E-state index in [0.717, 1.165) is 18.4 Å². The van der Waals surface area contributed by atoms with Crippen LogP contribution in [0.15, 0.2) is 35.5 Å². The molecule has 0 spiro atoms. The summed E-state index contributed by atoms with van der Waals surface area (Å²) in [6.45, 7) is 9.70. The molecule has 4 nitrogen and oxygen atoms in total. The Morgan fingerprint density at radius 3 is 2.95 bits per heavy atom. The SMILES string of the molecule is C=C1C=CSC(/C(=C\OC(O)C(C)C)C(=O)OCC)CC1. The quantitative estimate of drug-likeness (QED) is 0.353. The highest BCUT2D eigenvalue weighted by molar-refractivity contribution is 8.03. The van der Waals surface area contributed by atoms with Crippen molar-refractivity contribution in [1.29, 1.82) is 0 Å². The first-order valence-electron chi connectivity index (χ1n) is 7.16. The van der Waals surface area contributed by atoms with E-state index in [1.807, 2.05) is 25.3 Å². The van der Waals surface area contributed by atoms with Crippen molar-refractivity contribution in [3.8, 4) is 0 Å². The Bertz CT molecular complexity index is 426. The minimum atomic E-state index is -0.935. The van der Waals surface area contributed by atoms with Gasteiger partial charge in [0.05, 0.1) is 18.4 Å². The minimum Gasteiger partial charge on any atom is -0.472 e. The monoisotopic (exact) mass is 312 g/mol. The molecule has 0 aromatic heterocycles. The summed E-state index contributed by atoms with van der Waals surface area (Å²) in [5.41, 5.74) is 1.48. The van der Waals surface area contributed by atoms with E-state index in [1.54, 1.807) is 6.92 Å². The van der Waals surface area contributed by atoms with Gasteiger partial charge in [0.25, 0.3) is 0 Å². The summed E-state index contributed by atoms with van der Waals surface area (Å²) in [5.74, 6) is -0.446. The normalized spacial score (nSPS) is 21.1. The van der Waals surface area contributed by atoms with Gasteiger partial charge in [0, 0.05) is 11.2 Å². The predicted molar refractivity (Wildman–Crippen MR) is 85.5 cm³/mol. The lowest BCUT2D eigenvalue weighted by Crippen LogP contribution is -2.21. The number of thioether (sulfide) groups is 1. The molecule has 5 heteroatoms. The molecule has 1 rings (SSSR count). The largest absolute Gasteiger partial charge is 0.472 e. The van der Waals surface area contributed by atoms with E-state index in [2.05, 4.69) is 6.58 Å². The predicted octanol–water partition coefficient (Wildman–Crippen LogP) is 3.39. The zero-order valence-corrected chi connectivity index (χ0v) is 13.7. The van der Waals surface area contributed by atoms with Gasteiger partial charge in [0.2, 0.25) is 0 Å². The standard InChI is InChI=1S/C16H24O4S/c1-5-19-16(18)13(10-20-15(17)11(2)3)14-7-6-12(4)8-9-21-14/h8-11,14-15,17H,4-7H2,1-3H3/b13-10+. The third kappa shape index (κ3) is 5.98. The summed E-state index contributed by atoms with van der Waals surface area (Å²) in [6, 6.07) is 0. The van der Waals surface area contributed by atoms with Gasteiger partial charge in [-0.05, 0) is 25.2 Å². The van der Waals surface area contributed by atoms with Crippen LogP contribution in [0.4, 0.5) is 0 Å². The van der Waals surface area contributed by atoms with Crippen LogP contribution in [0.5, 0.6) is 0 Å². The highest BCUT2D eigenvalue weighted by atomic mass is 32.2. The van der Waals surface area contributed by atoms with E-state index >= 15 is 0 Å². The van der Waals surface area contributed by atoms with Crippen LogP contribution in [0, 0.1) is 5.92 Å². The highest BCUT2D eigenvalue weighted by Gasteiger charge is 2.24. The van der Waals surface area contributed by atoms with E-state index in [0.29, 0.717) is 12.2 Å². The summed E-state index contributed by atoms with van der Waals surface area (Å²) >= 11 is 1.54. The summed E-state index contributed by atoms with van der Waals surface area (Å²) in [6.07, 6.45) is 3.97. The number of hydrogen-bond acceptors (Lipinski definition) is 5. The van der Waals surface area contributed by atoms with Crippen LogP contribution in [0.3, 0.4) is 0 Å². The second-order valence-corrected chi connectivity index (χ2v) is 6.30. The molecule has 1 aliphatic heterocycles. The number of allylic oxidation sites excluding steroid dienone is 2. The number of hydrogen-bond donors (Lipinski definition) is 1. The van der Waals surface area contributed by atoms with Crippen LogP contribution >= 0.6 is 11.8 Å². The smallest absolute Gasteiger partial charge is 0.338 e. The molecular weight excluding hydrogens is 288 g/mol. The van der Waals surface area contributed by atoms with Gasteiger partial charge < -0.3 is 14.6 Å². The molecule has 0 amide bonds. The Kier molecular flexibility index (Phi) is 7.61. The van der Waals surface area contributed by atoms with E-state index in [9.17, 15) is 9.90 Å². The number of carbonyl (C=O) groups is 1. The summed E-state index contributed by atoms with van der Waals surface area (Å²) in [7, 11) is 0. The first-order valence-corrected chi connectivity index (χ1v) is 8.10. The first-order chi connectivity index (χ1) is 9.95. The second-order valence-electron chi connectivity index (χ2n) is 5.19. The lowest BCUT2D eigenvalue weighted by molar-refractivity contribution is -0.139. The molecule has 0 aliphatic carbocycles. The van der Waals surface area contributed by atoms with Gasteiger partial charge in [-0.3, -0.25) is 0 Å². The average molecular weight is 312 g/mol. The van der Waals surface area contributed by atoms with Gasteiger partial charge in [0.15, 0.2) is 6.29 Å². The van der Waals surface area contributed by atoms with Crippen LogP contribution in [0.1, 0.15) is 33.6 Å². The molecule has 0 bridgehead atoms. The third-order valence-corrected chi connectivity index (χ3v) is 4.15. The molecule has 0 radical (unpaired) electrons. The molecule has 1 heterocycles. The van der Waals surface area contributed by atoms with Crippen LogP contribution in [-0.4, -0.2) is 29.2 Å². The molecule has 0 saturated carbocycles. The van der Waals surface area contributed by atoms with Crippen molar-refractivity contribution >= 4 is 17.7 Å². The molecule has 2 atom stereocenters. The lowest BCUT2D eigenvalue weighted by Gasteiger charge is -2.19. The van der Waals surface area contributed by atoms with E-state index in [4.69, 9.17) is 9.47 Å². The number of aliphatic hydroxyl groups excluding tert-OH is 1. The zero-order valence-electron chi connectivity index (χ0n) is 12.9. The van der Waals surface area contributed by atoms with Crippen molar-refractivity contribution in [2.45, 2.75) is 45.2 Å². The number of ether oxygens (including phenoxy) is 2. The maximum Gasteiger partial charge on any atom is 0.338 e. The van der Waals surface area contributed by atoms with Gasteiger partial charge in [-0.25, -0.2) is 4.79 Å². The molecule has 0 saturated heterocycles. The molecule has 0 aromatic carbocycles. The van der Waals surface area contributed by atoms with Gasteiger partial charge in [0.1, 0.15) is 0 Å². The topological polar surface area (TPSA) is 55.8 Å². The van der Waals surface area contributed by atoms with Crippen molar-refractivity contribution in [1.82, 2.24) is 0 Å². The van der Waals surface area contributed by atoms with E-state index in [-0.39, 0.29) is 11.2 Å². The van der Waals surface area contributed by atoms with E-state index in [1.165, 1.54) is 18.0 Å². The summed E-state index contributed by atoms with van der Waals surface area (Å²) in [5, 5.41) is 11.6. The third-order valence-electron chi connectivity index (χ3n) is 3.04. The van der Waals surface area contributed by atoms with Gasteiger partial charge >= 0.3 is 5.97 Å². The van der Waals surface area contributed by atoms with Gasteiger partial charge in [-0.15, -0.1) is 11.8 Å². The zero-order chi connectivity index (χ0) is 15.8. The summed E-state index contributed by atoms with van der Waals surface area (Å²) < 4.78 is 10.4. The minimum absolute atomic E-state index is 0.0499. The molecule has 2 unspecified atom stereocenters. The summed E-state index contributed by atoms with van der Waals surface area (Å²) in [4.78, 5) is 12.1. The van der Waals surface area contributed by atoms with Gasteiger partial charge in [-0.1, -0.05) is 32.1 Å². The van der Waals surface area contributed by atoms with E-state index < -0.39 is 12.3 Å². The highest BCUT2D eigenvalue weighted by Crippen LogP contribution is 2.31. The van der Waals surface area contributed by atoms with Crippen molar-refractivity contribution in [2.75, 3.05) is 6.61 Å². The van der Waals surface area contributed by atoms with Crippen molar-refractivity contribution < 1.29 is 19.4 Å². The number of esters is 1. The molecule has 21 heavy (non-hydrogen) atoms. The Morgan fingerprint density at radius 2 is 2.33 bits per heavy atom. The Balaban J connectivity index is 2.86. The fourth-order valence-electron chi connectivity index (χ4n) is 1.70. The fraction of sp³-hybridized carbons (Fsp3) is 0.562. The molecule has 1 N–H and O–H groups in total. The Hall–Kier alpha value is -1.20. The molecule has 1 aliphatic rings. The molecule has 0 fully saturated rings. The number of carbonyl (C=O) groups excluding carboxylic acids is 1.